The average molecular weight is 752 g/mol. The highest BCUT2D eigenvalue weighted by Gasteiger charge is 2.21. The van der Waals surface area contributed by atoms with Crippen LogP contribution < -0.4 is 4.90 Å². The van der Waals surface area contributed by atoms with E-state index in [-0.39, 0.29) is 0 Å². The van der Waals surface area contributed by atoms with Crippen LogP contribution >= 0.6 is 0 Å². The Kier molecular flexibility index (Phi) is 9.68. The van der Waals surface area contributed by atoms with Crippen LogP contribution in [0.2, 0.25) is 0 Å². The minimum atomic E-state index is 1.09. The van der Waals surface area contributed by atoms with Crippen molar-refractivity contribution in [2.45, 2.75) is 0 Å². The molecular weight excluding hydrogens is 711 g/mol. The fraction of sp³-hybridized carbons (Fsp3) is 0. The van der Waals surface area contributed by atoms with Crippen molar-refractivity contribution in [1.82, 2.24) is 0 Å². The van der Waals surface area contributed by atoms with Gasteiger partial charge in [-0.1, -0.05) is 206 Å². The van der Waals surface area contributed by atoms with E-state index in [4.69, 9.17) is 0 Å². The van der Waals surface area contributed by atoms with Gasteiger partial charge in [-0.05, 0) is 114 Å². The predicted molar refractivity (Wildman–Crippen MR) is 251 cm³/mol. The van der Waals surface area contributed by atoms with Crippen molar-refractivity contribution >= 4 is 27.8 Å². The number of anilines is 3. The molecule has 0 atom stereocenters. The zero-order chi connectivity index (χ0) is 39.4. The van der Waals surface area contributed by atoms with Gasteiger partial charge in [-0.25, -0.2) is 0 Å². The highest BCUT2D eigenvalue weighted by molar-refractivity contribution is 5.98. The Bertz CT molecular complexity index is 3020. The van der Waals surface area contributed by atoms with Crippen LogP contribution in [0.15, 0.2) is 249 Å². The molecule has 0 aliphatic rings. The van der Waals surface area contributed by atoms with Crippen molar-refractivity contribution in [3.63, 3.8) is 0 Å². The molecule has 1 nitrogen and oxygen atoms in total. The summed E-state index contributed by atoms with van der Waals surface area (Å²) in [6.45, 7) is 0. The quantitative estimate of drug-likeness (QED) is 0.142. The molecule has 10 aromatic rings. The van der Waals surface area contributed by atoms with Gasteiger partial charge in [-0.15, -0.1) is 0 Å². The van der Waals surface area contributed by atoms with Crippen molar-refractivity contribution in [3.8, 4) is 66.8 Å². The van der Waals surface area contributed by atoms with Crippen LogP contribution in [0.3, 0.4) is 0 Å². The first-order valence-electron chi connectivity index (χ1n) is 20.3. The Labute approximate surface area is 346 Å². The van der Waals surface area contributed by atoms with Crippen LogP contribution in [-0.4, -0.2) is 0 Å². The maximum atomic E-state index is 2.42. The van der Waals surface area contributed by atoms with Crippen LogP contribution in [0.1, 0.15) is 0 Å². The molecule has 0 heterocycles. The molecule has 278 valence electrons. The van der Waals surface area contributed by atoms with E-state index >= 15 is 0 Å². The highest BCUT2D eigenvalue weighted by Crippen LogP contribution is 2.46. The Hall–Kier alpha value is -7.74. The zero-order valence-electron chi connectivity index (χ0n) is 32.6. The lowest BCUT2D eigenvalue weighted by atomic mass is 9.87. The molecule has 0 N–H and O–H groups in total. The van der Waals surface area contributed by atoms with Crippen molar-refractivity contribution in [2.75, 3.05) is 4.90 Å². The maximum absolute atomic E-state index is 2.42. The lowest BCUT2D eigenvalue weighted by Gasteiger charge is -2.29. The molecule has 0 spiro atoms. The summed E-state index contributed by atoms with van der Waals surface area (Å²) in [7, 11) is 0. The smallest absolute Gasteiger partial charge is 0.0540 e. The molecule has 0 saturated carbocycles. The van der Waals surface area contributed by atoms with Crippen molar-refractivity contribution < 1.29 is 0 Å². The summed E-state index contributed by atoms with van der Waals surface area (Å²) in [5.74, 6) is 0. The Morgan fingerprint density at radius 1 is 0.203 bits per heavy atom. The van der Waals surface area contributed by atoms with E-state index in [1.165, 1.54) is 72.0 Å². The van der Waals surface area contributed by atoms with Gasteiger partial charge in [0.05, 0.1) is 5.69 Å². The molecule has 59 heavy (non-hydrogen) atoms. The maximum Gasteiger partial charge on any atom is 0.0540 e. The number of hydrogen-bond donors (Lipinski definition) is 0. The second-order valence-corrected chi connectivity index (χ2v) is 14.9. The number of hydrogen-bond acceptors (Lipinski definition) is 1. The normalized spacial score (nSPS) is 11.1. The minimum Gasteiger partial charge on any atom is -0.310 e. The van der Waals surface area contributed by atoms with Crippen LogP contribution in [0.5, 0.6) is 0 Å². The van der Waals surface area contributed by atoms with Crippen LogP contribution in [-0.2, 0) is 0 Å². The Morgan fingerprint density at radius 3 is 1.37 bits per heavy atom. The van der Waals surface area contributed by atoms with Gasteiger partial charge >= 0.3 is 0 Å². The summed E-state index contributed by atoms with van der Waals surface area (Å²) in [6, 6.07) is 89.9. The zero-order valence-corrected chi connectivity index (χ0v) is 32.6. The monoisotopic (exact) mass is 751 g/mol. The van der Waals surface area contributed by atoms with E-state index in [1.54, 1.807) is 0 Å². The molecule has 0 aliphatic heterocycles. The first kappa shape index (κ1) is 35.7. The van der Waals surface area contributed by atoms with Gasteiger partial charge in [0.1, 0.15) is 0 Å². The second-order valence-electron chi connectivity index (χ2n) is 14.9. The molecule has 0 radical (unpaired) electrons. The van der Waals surface area contributed by atoms with Crippen LogP contribution in [0, 0.1) is 0 Å². The molecule has 0 aromatic heterocycles. The largest absolute Gasteiger partial charge is 0.310 e. The summed E-state index contributed by atoms with van der Waals surface area (Å²) >= 11 is 0. The van der Waals surface area contributed by atoms with Crippen LogP contribution in [0.25, 0.3) is 77.5 Å². The topological polar surface area (TPSA) is 3.24 Å². The molecule has 0 amide bonds. The fourth-order valence-corrected chi connectivity index (χ4v) is 8.35. The minimum absolute atomic E-state index is 1.09. The standard InChI is InChI=1S/C58H41N/c1-4-17-42(18-5-1)45-33-36-51(37-34-45)59(52-26-16-25-48(40-52)49-32-31-44-21-10-11-24-47(44)39-49)58-30-15-14-29-56(58)54-28-13-12-27-53(54)55-38-35-50(43-19-6-2-7-20-43)41-57(55)46-22-8-3-9-23-46/h1-41H. The summed E-state index contributed by atoms with van der Waals surface area (Å²) in [5.41, 5.74) is 17.5. The molecule has 10 rings (SSSR count). The second kappa shape index (κ2) is 16.0. The van der Waals surface area contributed by atoms with Crippen LogP contribution in [0.4, 0.5) is 17.1 Å². The fourth-order valence-electron chi connectivity index (χ4n) is 8.35. The third kappa shape index (κ3) is 7.23. The van der Waals surface area contributed by atoms with E-state index in [0.717, 1.165) is 22.6 Å². The van der Waals surface area contributed by atoms with Crippen molar-refractivity contribution in [2.24, 2.45) is 0 Å². The first-order chi connectivity index (χ1) is 29.3. The average Bonchev–Trinajstić information content (AvgIpc) is 3.33. The van der Waals surface area contributed by atoms with Gasteiger partial charge < -0.3 is 4.90 Å². The third-order valence-corrected chi connectivity index (χ3v) is 11.3. The van der Waals surface area contributed by atoms with Gasteiger partial charge in [-0.2, -0.15) is 0 Å². The lowest BCUT2D eigenvalue weighted by Crippen LogP contribution is -2.11. The molecular formula is C58H41N. The van der Waals surface area contributed by atoms with Gasteiger partial charge in [0, 0.05) is 16.9 Å². The van der Waals surface area contributed by atoms with E-state index in [2.05, 4.69) is 254 Å². The molecule has 0 unspecified atom stereocenters. The number of fused-ring (bicyclic) bond motifs is 1. The van der Waals surface area contributed by atoms with E-state index < -0.39 is 0 Å². The van der Waals surface area contributed by atoms with Crippen molar-refractivity contribution in [3.05, 3.63) is 249 Å². The van der Waals surface area contributed by atoms with E-state index in [9.17, 15) is 0 Å². The third-order valence-electron chi connectivity index (χ3n) is 11.3. The Morgan fingerprint density at radius 2 is 0.661 bits per heavy atom. The van der Waals surface area contributed by atoms with Gasteiger partial charge in [0.25, 0.3) is 0 Å². The first-order valence-corrected chi connectivity index (χ1v) is 20.3. The number of para-hydroxylation sites is 1. The number of nitrogens with zero attached hydrogens (tertiary/aromatic N) is 1. The number of benzene rings is 10. The van der Waals surface area contributed by atoms with Gasteiger partial charge in [0.2, 0.25) is 0 Å². The SMILES string of the molecule is c1ccc(-c2ccc(N(c3cccc(-c4ccc5ccccc5c4)c3)c3ccccc3-c3ccccc3-c3ccc(-c4ccccc4)cc3-c3ccccc3)cc2)cc1. The molecule has 10 aromatic carbocycles. The summed E-state index contributed by atoms with van der Waals surface area (Å²) < 4.78 is 0. The van der Waals surface area contributed by atoms with E-state index in [1.807, 2.05) is 0 Å². The van der Waals surface area contributed by atoms with Crippen molar-refractivity contribution in [1.29, 1.82) is 0 Å². The Balaban J connectivity index is 1.15. The molecule has 0 aliphatic carbocycles. The predicted octanol–water partition coefficient (Wildman–Crippen LogP) is 16.3. The summed E-state index contributed by atoms with van der Waals surface area (Å²) in [5, 5.41) is 2.47. The molecule has 0 saturated heterocycles. The number of rotatable bonds is 9. The molecule has 1 heteroatoms. The molecule has 0 bridgehead atoms. The highest BCUT2D eigenvalue weighted by atomic mass is 15.1. The lowest BCUT2D eigenvalue weighted by molar-refractivity contribution is 1.28. The summed E-state index contributed by atoms with van der Waals surface area (Å²) in [4.78, 5) is 2.42. The molecule has 0 fully saturated rings. The van der Waals surface area contributed by atoms with E-state index in [0.29, 0.717) is 0 Å². The van der Waals surface area contributed by atoms with Gasteiger partial charge in [-0.3, -0.25) is 0 Å². The van der Waals surface area contributed by atoms with Gasteiger partial charge in [0.15, 0.2) is 0 Å². The summed E-state index contributed by atoms with van der Waals surface area (Å²) in [6.07, 6.45) is 0.